The zero-order valence-corrected chi connectivity index (χ0v) is 8.44. The summed E-state index contributed by atoms with van der Waals surface area (Å²) in [7, 11) is 0. The molecule has 2 nitrogen and oxygen atoms in total. The second kappa shape index (κ2) is 4.61. The zero-order chi connectivity index (χ0) is 10.7. The van der Waals surface area contributed by atoms with E-state index in [2.05, 4.69) is 0 Å². The summed E-state index contributed by atoms with van der Waals surface area (Å²) in [5.41, 5.74) is 5.67. The van der Waals surface area contributed by atoms with Gasteiger partial charge in [-0.25, -0.2) is 8.78 Å². The maximum atomic E-state index is 13.2. The van der Waals surface area contributed by atoms with Crippen molar-refractivity contribution in [1.29, 1.82) is 0 Å². The van der Waals surface area contributed by atoms with Crippen LogP contribution in [0.3, 0.4) is 0 Å². The third-order valence-corrected chi connectivity index (χ3v) is 2.86. The molecule has 3 N–H and O–H groups in total. The third kappa shape index (κ3) is 2.36. The van der Waals surface area contributed by atoms with Gasteiger partial charge in [-0.3, -0.25) is 0 Å². The van der Waals surface area contributed by atoms with E-state index in [4.69, 9.17) is 10.8 Å². The van der Waals surface area contributed by atoms with E-state index in [-0.39, 0.29) is 22.4 Å². The predicted octanol–water partition coefficient (Wildman–Crippen LogP) is 2.02. The molecule has 0 bridgehead atoms. The van der Waals surface area contributed by atoms with Gasteiger partial charge < -0.3 is 10.8 Å². The molecule has 78 valence electrons. The van der Waals surface area contributed by atoms with Crippen LogP contribution in [0.15, 0.2) is 17.0 Å². The highest BCUT2D eigenvalue weighted by atomic mass is 32.2. The van der Waals surface area contributed by atoms with Crippen LogP contribution in [0.1, 0.15) is 6.92 Å². The van der Waals surface area contributed by atoms with E-state index in [0.717, 1.165) is 17.8 Å². The van der Waals surface area contributed by atoms with Gasteiger partial charge in [0, 0.05) is 10.9 Å². The summed E-state index contributed by atoms with van der Waals surface area (Å²) < 4.78 is 26.0. The van der Waals surface area contributed by atoms with Crippen molar-refractivity contribution in [3.8, 4) is 0 Å². The maximum absolute atomic E-state index is 13.2. The Morgan fingerprint density at radius 1 is 1.50 bits per heavy atom. The van der Waals surface area contributed by atoms with E-state index in [1.54, 1.807) is 6.92 Å². The summed E-state index contributed by atoms with van der Waals surface area (Å²) >= 11 is 1.02. The molecule has 0 saturated heterocycles. The predicted molar refractivity (Wildman–Crippen MR) is 53.2 cm³/mol. The largest absolute Gasteiger partial charge is 0.398 e. The van der Waals surface area contributed by atoms with Crippen LogP contribution in [-0.2, 0) is 0 Å². The van der Waals surface area contributed by atoms with E-state index < -0.39 is 11.6 Å². The smallest absolute Gasteiger partial charge is 0.174 e. The molecule has 0 amide bonds. The van der Waals surface area contributed by atoms with Crippen LogP contribution < -0.4 is 5.73 Å². The summed E-state index contributed by atoms with van der Waals surface area (Å²) in [4.78, 5) is 0.0616. The molecule has 0 aliphatic carbocycles. The molecule has 0 fully saturated rings. The number of halogens is 2. The van der Waals surface area contributed by atoms with Gasteiger partial charge in [-0.05, 0) is 12.1 Å². The Balaban J connectivity index is 3.00. The van der Waals surface area contributed by atoms with Gasteiger partial charge in [0.05, 0.1) is 11.5 Å². The highest BCUT2D eigenvalue weighted by molar-refractivity contribution is 8.00. The van der Waals surface area contributed by atoms with Crippen molar-refractivity contribution in [3.05, 3.63) is 23.8 Å². The average Bonchev–Trinajstić information content (AvgIpc) is 2.18. The Labute approximate surface area is 85.1 Å². The minimum Gasteiger partial charge on any atom is -0.398 e. The lowest BCUT2D eigenvalue weighted by Crippen LogP contribution is -2.04. The minimum absolute atomic E-state index is 0.0616. The number of aliphatic hydroxyl groups is 1. The van der Waals surface area contributed by atoms with Gasteiger partial charge in [-0.1, -0.05) is 6.92 Å². The van der Waals surface area contributed by atoms with Gasteiger partial charge in [-0.2, -0.15) is 0 Å². The molecule has 0 aliphatic rings. The number of benzene rings is 1. The van der Waals surface area contributed by atoms with Crippen molar-refractivity contribution in [1.82, 2.24) is 0 Å². The van der Waals surface area contributed by atoms with Crippen LogP contribution in [0.5, 0.6) is 0 Å². The first-order valence-electron chi connectivity index (χ1n) is 4.07. The number of rotatable bonds is 3. The third-order valence-electron chi connectivity index (χ3n) is 1.66. The molecular weight excluding hydrogens is 208 g/mol. The molecule has 0 spiro atoms. The molecule has 14 heavy (non-hydrogen) atoms. The lowest BCUT2D eigenvalue weighted by molar-refractivity contribution is 0.300. The number of thioether (sulfide) groups is 1. The fraction of sp³-hybridized carbons (Fsp3) is 0.333. The fourth-order valence-corrected chi connectivity index (χ4v) is 1.79. The van der Waals surface area contributed by atoms with Gasteiger partial charge in [-0.15, -0.1) is 11.8 Å². The number of aliphatic hydroxyl groups excluding tert-OH is 1. The van der Waals surface area contributed by atoms with E-state index in [1.165, 1.54) is 6.07 Å². The molecule has 0 aliphatic heterocycles. The summed E-state index contributed by atoms with van der Waals surface area (Å²) in [5.74, 6) is -1.87. The second-order valence-corrected chi connectivity index (χ2v) is 4.34. The normalized spacial score (nSPS) is 12.9. The number of anilines is 1. The Kier molecular flexibility index (Phi) is 3.71. The summed E-state index contributed by atoms with van der Waals surface area (Å²) in [6.45, 7) is 1.59. The Morgan fingerprint density at radius 3 is 2.71 bits per heavy atom. The van der Waals surface area contributed by atoms with Crippen molar-refractivity contribution >= 4 is 17.4 Å². The Bertz CT molecular complexity index is 333. The van der Waals surface area contributed by atoms with Gasteiger partial charge in [0.15, 0.2) is 11.6 Å². The van der Waals surface area contributed by atoms with Crippen LogP contribution in [0.4, 0.5) is 14.5 Å². The number of hydrogen-bond acceptors (Lipinski definition) is 3. The number of nitrogen functional groups attached to an aromatic ring is 1. The molecule has 1 unspecified atom stereocenters. The van der Waals surface area contributed by atoms with Gasteiger partial charge in [0.2, 0.25) is 0 Å². The molecule has 1 atom stereocenters. The van der Waals surface area contributed by atoms with Gasteiger partial charge in [0.25, 0.3) is 0 Å². The second-order valence-electron chi connectivity index (χ2n) is 2.89. The van der Waals surface area contributed by atoms with E-state index in [0.29, 0.717) is 0 Å². The summed E-state index contributed by atoms with van der Waals surface area (Å²) in [6.07, 6.45) is 0. The molecule has 0 radical (unpaired) electrons. The van der Waals surface area contributed by atoms with Crippen molar-refractivity contribution in [3.63, 3.8) is 0 Å². The first kappa shape index (κ1) is 11.3. The van der Waals surface area contributed by atoms with E-state index in [9.17, 15) is 8.78 Å². The van der Waals surface area contributed by atoms with Crippen molar-refractivity contribution in [2.45, 2.75) is 17.1 Å². The van der Waals surface area contributed by atoms with Gasteiger partial charge in [0.1, 0.15) is 0 Å². The first-order chi connectivity index (χ1) is 6.56. The van der Waals surface area contributed by atoms with Crippen LogP contribution in [-0.4, -0.2) is 17.0 Å². The molecule has 0 saturated carbocycles. The summed E-state index contributed by atoms with van der Waals surface area (Å²) in [6, 6.07) is 2.29. The monoisotopic (exact) mass is 219 g/mol. The molecule has 1 aromatic carbocycles. The van der Waals surface area contributed by atoms with Crippen LogP contribution in [0.2, 0.25) is 0 Å². The van der Waals surface area contributed by atoms with E-state index in [1.807, 2.05) is 0 Å². The SMILES string of the molecule is CC(CO)Sc1c(N)ccc(F)c1F. The maximum Gasteiger partial charge on any atom is 0.174 e. The van der Waals surface area contributed by atoms with E-state index >= 15 is 0 Å². The lowest BCUT2D eigenvalue weighted by Gasteiger charge is -2.11. The fourth-order valence-electron chi connectivity index (χ4n) is 0.905. The molecular formula is C9H11F2NOS. The minimum atomic E-state index is -0.949. The molecule has 1 rings (SSSR count). The van der Waals surface area contributed by atoms with Gasteiger partial charge >= 0.3 is 0 Å². The van der Waals surface area contributed by atoms with Crippen molar-refractivity contribution < 1.29 is 13.9 Å². The van der Waals surface area contributed by atoms with Crippen molar-refractivity contribution in [2.24, 2.45) is 0 Å². The molecule has 1 aromatic rings. The van der Waals surface area contributed by atoms with Crippen LogP contribution >= 0.6 is 11.8 Å². The van der Waals surface area contributed by atoms with Crippen LogP contribution in [0.25, 0.3) is 0 Å². The Morgan fingerprint density at radius 2 is 2.14 bits per heavy atom. The number of nitrogens with two attached hydrogens (primary N) is 1. The first-order valence-corrected chi connectivity index (χ1v) is 4.95. The highest BCUT2D eigenvalue weighted by Gasteiger charge is 2.14. The molecule has 5 heteroatoms. The van der Waals surface area contributed by atoms with Crippen LogP contribution in [0, 0.1) is 11.6 Å². The zero-order valence-electron chi connectivity index (χ0n) is 7.63. The molecule has 0 aromatic heterocycles. The van der Waals surface area contributed by atoms with Crippen molar-refractivity contribution in [2.75, 3.05) is 12.3 Å². The lowest BCUT2D eigenvalue weighted by atomic mass is 10.3. The number of hydrogen-bond donors (Lipinski definition) is 2. The Hall–Kier alpha value is -0.810. The summed E-state index contributed by atoms with van der Waals surface area (Å²) in [5, 5.41) is 8.56. The molecule has 0 heterocycles. The quantitative estimate of drug-likeness (QED) is 0.604. The average molecular weight is 219 g/mol. The standard InChI is InChI=1S/C9H11F2NOS/c1-5(4-13)14-9-7(12)3-2-6(10)8(9)11/h2-3,5,13H,4,12H2,1H3. The highest BCUT2D eigenvalue weighted by Crippen LogP contribution is 2.32. The topological polar surface area (TPSA) is 46.2 Å².